The van der Waals surface area contributed by atoms with Crippen molar-refractivity contribution in [1.29, 1.82) is 0 Å². The Hall–Kier alpha value is -0.460. The van der Waals surface area contributed by atoms with E-state index in [1.807, 2.05) is 0 Å². The molecule has 0 spiro atoms. The summed E-state index contributed by atoms with van der Waals surface area (Å²) in [6.07, 6.45) is 19.8. The molecule has 5 heteroatoms. The second-order valence-electron chi connectivity index (χ2n) is 16.1. The summed E-state index contributed by atoms with van der Waals surface area (Å²) < 4.78 is 0. The van der Waals surface area contributed by atoms with Gasteiger partial charge < -0.3 is 27.2 Å². The minimum absolute atomic E-state index is 0.192. The Morgan fingerprint density at radius 3 is 2.36 bits per heavy atom. The van der Waals surface area contributed by atoms with Crippen LogP contribution in [0.5, 0.6) is 0 Å². The summed E-state index contributed by atoms with van der Waals surface area (Å²) in [5.74, 6) is 5.50. The van der Waals surface area contributed by atoms with Crippen LogP contribution in [0.2, 0.25) is 0 Å². The molecule has 0 aromatic carbocycles. The Morgan fingerprint density at radius 2 is 1.62 bits per heavy atom. The van der Waals surface area contributed by atoms with Crippen molar-refractivity contribution in [2.45, 2.75) is 137 Å². The number of allylic oxidation sites excluding steroid dienone is 1. The molecule has 7 N–H and O–H groups in total. The number of hydrogen-bond acceptors (Lipinski definition) is 5. The summed E-state index contributed by atoms with van der Waals surface area (Å²) in [5, 5.41) is 18.8. The number of hydrogen-bond donors (Lipinski definition) is 5. The van der Waals surface area contributed by atoms with Gasteiger partial charge >= 0.3 is 0 Å². The summed E-state index contributed by atoms with van der Waals surface area (Å²) in [6, 6.07) is 0.431. The lowest BCUT2D eigenvalue weighted by Crippen LogP contribution is -2.58. The molecule has 244 valence electrons. The monoisotopic (exact) mass is 587 g/mol. The zero-order valence-corrected chi connectivity index (χ0v) is 28.3. The molecule has 0 aliphatic heterocycles. The van der Waals surface area contributed by atoms with E-state index < -0.39 is 0 Å². The van der Waals surface area contributed by atoms with Crippen LogP contribution < -0.4 is 22.1 Å². The number of rotatable bonds is 17. The van der Waals surface area contributed by atoms with Crippen LogP contribution in [0.25, 0.3) is 0 Å². The van der Waals surface area contributed by atoms with E-state index >= 15 is 0 Å². The summed E-state index contributed by atoms with van der Waals surface area (Å²) in [5.41, 5.74) is 13.9. The number of fused-ring (bicyclic) bond motifs is 5. The molecule has 0 amide bonds. The van der Waals surface area contributed by atoms with Crippen molar-refractivity contribution >= 4 is 0 Å². The van der Waals surface area contributed by atoms with Gasteiger partial charge in [0.15, 0.2) is 0 Å². The standard InChI is InChI=1S/C37H70N4O/c1-26(2)10-6-11-27(3)31-15-16-32-30-14-13-28-24-29(42)25-34(37(28,5)33(30)17-18-36(31,32)4)35(41-23-9-20-39)12-7-21-40-22-8-19-38/h13,26-27,29-35,40-42H,6-12,14-25,38-39H2,1-5H3/t27-,29-,30+,31-,32+,33+,34?,35?,36-,37-/m1/s1. The molecule has 3 fully saturated rings. The molecule has 10 atom stereocenters. The molecular weight excluding hydrogens is 516 g/mol. The van der Waals surface area contributed by atoms with Crippen LogP contribution in [-0.4, -0.2) is 50.0 Å². The third kappa shape index (κ3) is 7.49. The molecule has 5 nitrogen and oxygen atoms in total. The fourth-order valence-corrected chi connectivity index (χ4v) is 11.0. The van der Waals surface area contributed by atoms with Gasteiger partial charge in [-0.1, -0.05) is 65.5 Å². The van der Waals surface area contributed by atoms with Crippen molar-refractivity contribution in [3.8, 4) is 0 Å². The maximum absolute atomic E-state index is 11.2. The first-order chi connectivity index (χ1) is 20.2. The second-order valence-corrected chi connectivity index (χ2v) is 16.1. The second kappa shape index (κ2) is 15.7. The van der Waals surface area contributed by atoms with Crippen LogP contribution in [-0.2, 0) is 0 Å². The van der Waals surface area contributed by atoms with Crippen molar-refractivity contribution in [3.63, 3.8) is 0 Å². The van der Waals surface area contributed by atoms with Crippen molar-refractivity contribution < 1.29 is 5.11 Å². The van der Waals surface area contributed by atoms with Gasteiger partial charge in [-0.25, -0.2) is 0 Å². The van der Waals surface area contributed by atoms with E-state index in [-0.39, 0.29) is 11.5 Å². The molecule has 0 saturated heterocycles. The molecule has 42 heavy (non-hydrogen) atoms. The zero-order valence-electron chi connectivity index (χ0n) is 28.3. The van der Waals surface area contributed by atoms with E-state index in [4.69, 9.17) is 11.5 Å². The summed E-state index contributed by atoms with van der Waals surface area (Å²) in [6.45, 7) is 17.2. The van der Waals surface area contributed by atoms with E-state index in [1.54, 1.807) is 5.57 Å². The third-order valence-corrected chi connectivity index (χ3v) is 13.2. The average Bonchev–Trinajstić information content (AvgIpc) is 3.31. The van der Waals surface area contributed by atoms with Gasteiger partial charge in [-0.05, 0) is 156 Å². The van der Waals surface area contributed by atoms with Crippen molar-refractivity contribution in [2.75, 3.05) is 32.7 Å². The predicted octanol–water partition coefficient (Wildman–Crippen LogP) is 6.64. The number of aliphatic hydroxyl groups excluding tert-OH is 1. The van der Waals surface area contributed by atoms with Gasteiger partial charge in [0.25, 0.3) is 0 Å². The van der Waals surface area contributed by atoms with Gasteiger partial charge in [-0.2, -0.15) is 0 Å². The van der Waals surface area contributed by atoms with E-state index in [0.29, 0.717) is 17.4 Å². The highest BCUT2D eigenvalue weighted by molar-refractivity contribution is 5.28. The maximum atomic E-state index is 11.2. The Labute approximate surface area is 260 Å². The molecule has 4 aliphatic rings. The topological polar surface area (TPSA) is 96.3 Å². The lowest BCUT2D eigenvalue weighted by Gasteiger charge is -2.61. The van der Waals surface area contributed by atoms with Crippen molar-refractivity contribution in [2.24, 2.45) is 63.7 Å². The molecule has 0 heterocycles. The average molecular weight is 587 g/mol. The fraction of sp³-hybridized carbons (Fsp3) is 0.946. The van der Waals surface area contributed by atoms with E-state index in [9.17, 15) is 5.11 Å². The van der Waals surface area contributed by atoms with E-state index in [1.165, 1.54) is 51.4 Å². The highest BCUT2D eigenvalue weighted by Gasteiger charge is 2.61. The molecule has 3 saturated carbocycles. The van der Waals surface area contributed by atoms with Crippen LogP contribution in [0.15, 0.2) is 11.6 Å². The van der Waals surface area contributed by atoms with Crippen LogP contribution in [0.3, 0.4) is 0 Å². The molecule has 2 unspecified atom stereocenters. The van der Waals surface area contributed by atoms with E-state index in [0.717, 1.165) is 107 Å². The molecule has 0 aromatic heterocycles. The van der Waals surface area contributed by atoms with Gasteiger partial charge in [-0.15, -0.1) is 0 Å². The number of aliphatic hydroxyl groups is 1. The molecule has 0 bridgehead atoms. The van der Waals surface area contributed by atoms with Crippen LogP contribution in [0.1, 0.15) is 125 Å². The fourth-order valence-electron chi connectivity index (χ4n) is 11.0. The van der Waals surface area contributed by atoms with Gasteiger partial charge in [0.2, 0.25) is 0 Å². The maximum Gasteiger partial charge on any atom is 0.0581 e. The first kappa shape index (κ1) is 34.4. The Morgan fingerprint density at radius 1 is 0.881 bits per heavy atom. The minimum atomic E-state index is -0.205. The van der Waals surface area contributed by atoms with Crippen LogP contribution in [0.4, 0.5) is 0 Å². The van der Waals surface area contributed by atoms with Gasteiger partial charge in [0, 0.05) is 6.04 Å². The zero-order chi connectivity index (χ0) is 30.3. The lowest BCUT2D eigenvalue weighted by molar-refractivity contribution is -0.0866. The minimum Gasteiger partial charge on any atom is -0.393 e. The first-order valence-electron chi connectivity index (χ1n) is 18.4. The quantitative estimate of drug-likeness (QED) is 0.0973. The van der Waals surface area contributed by atoms with Crippen LogP contribution in [0, 0.1) is 52.3 Å². The number of nitrogens with one attached hydrogen (secondary N) is 2. The SMILES string of the molecule is CC(C)CCC[C@@H](C)[C@H]1CC[C@H]2[C@@H]3CC=C4C[C@@H](O)CC(C(CCCNCCCN)NCCCN)[C@@]4(C)[C@H]3CC[C@]12C. The van der Waals surface area contributed by atoms with Crippen molar-refractivity contribution in [1.82, 2.24) is 10.6 Å². The Kier molecular flexibility index (Phi) is 12.9. The summed E-state index contributed by atoms with van der Waals surface area (Å²) in [4.78, 5) is 0. The molecular formula is C37H70N4O. The molecule has 0 aromatic rings. The van der Waals surface area contributed by atoms with Crippen LogP contribution >= 0.6 is 0 Å². The smallest absolute Gasteiger partial charge is 0.0581 e. The highest BCUT2D eigenvalue weighted by atomic mass is 16.3. The van der Waals surface area contributed by atoms with Gasteiger partial charge in [0.1, 0.15) is 0 Å². The summed E-state index contributed by atoms with van der Waals surface area (Å²) in [7, 11) is 0. The van der Waals surface area contributed by atoms with Gasteiger partial charge in [-0.3, -0.25) is 0 Å². The summed E-state index contributed by atoms with van der Waals surface area (Å²) >= 11 is 0. The predicted molar refractivity (Wildman–Crippen MR) is 179 cm³/mol. The van der Waals surface area contributed by atoms with Gasteiger partial charge in [0.05, 0.1) is 6.10 Å². The normalized spacial score (nSPS) is 37.6. The highest BCUT2D eigenvalue weighted by Crippen LogP contribution is 2.68. The Bertz CT molecular complexity index is 846. The molecule has 0 radical (unpaired) electrons. The number of nitrogens with two attached hydrogens (primary N) is 2. The lowest BCUT2D eigenvalue weighted by atomic mass is 9.44. The molecule has 4 aliphatic carbocycles. The largest absolute Gasteiger partial charge is 0.393 e. The van der Waals surface area contributed by atoms with E-state index in [2.05, 4.69) is 51.3 Å². The Balaban J connectivity index is 1.52. The van der Waals surface area contributed by atoms with Crippen molar-refractivity contribution in [3.05, 3.63) is 11.6 Å². The molecule has 4 rings (SSSR count). The first-order valence-corrected chi connectivity index (χ1v) is 18.4. The third-order valence-electron chi connectivity index (χ3n) is 13.2.